The van der Waals surface area contributed by atoms with E-state index in [9.17, 15) is 9.59 Å². The largest absolute Gasteiger partial charge is 0.490 e. The molecule has 8 heteroatoms. The Kier molecular flexibility index (Phi) is 9.97. The van der Waals surface area contributed by atoms with Crippen molar-refractivity contribution in [2.24, 2.45) is 0 Å². The minimum atomic E-state index is -0.249. The van der Waals surface area contributed by atoms with E-state index >= 15 is 0 Å². The normalized spacial score (nSPS) is 14.5. The van der Waals surface area contributed by atoms with Crippen molar-refractivity contribution < 1.29 is 23.8 Å². The summed E-state index contributed by atoms with van der Waals surface area (Å²) in [4.78, 5) is 26.7. The molecule has 0 aromatic heterocycles. The van der Waals surface area contributed by atoms with Crippen molar-refractivity contribution in [3.8, 4) is 11.5 Å². The number of amides is 1. The van der Waals surface area contributed by atoms with Crippen LogP contribution in [0.15, 0.2) is 53.4 Å². The molecule has 0 bridgehead atoms. The van der Waals surface area contributed by atoms with Crippen molar-refractivity contribution in [1.29, 1.82) is 0 Å². The van der Waals surface area contributed by atoms with Gasteiger partial charge in [0.1, 0.15) is 10.9 Å². The third-order valence-corrected chi connectivity index (χ3v) is 6.28. The molecule has 1 aliphatic heterocycles. The van der Waals surface area contributed by atoms with Crippen molar-refractivity contribution in [1.82, 2.24) is 4.90 Å². The Morgan fingerprint density at radius 2 is 1.88 bits per heavy atom. The second-order valence-corrected chi connectivity index (χ2v) is 9.25. The zero-order chi connectivity index (χ0) is 24.3. The Morgan fingerprint density at radius 3 is 2.62 bits per heavy atom. The highest BCUT2D eigenvalue weighted by atomic mass is 32.2. The van der Waals surface area contributed by atoms with E-state index in [-0.39, 0.29) is 18.3 Å². The van der Waals surface area contributed by atoms with Gasteiger partial charge >= 0.3 is 5.97 Å². The van der Waals surface area contributed by atoms with Gasteiger partial charge in [0.25, 0.3) is 5.91 Å². The van der Waals surface area contributed by atoms with Gasteiger partial charge in [-0.2, -0.15) is 0 Å². The number of carbonyl (C=O) groups excluding carboxylic acids is 2. The molecule has 34 heavy (non-hydrogen) atoms. The zero-order valence-corrected chi connectivity index (χ0v) is 21.1. The number of esters is 1. The summed E-state index contributed by atoms with van der Waals surface area (Å²) < 4.78 is 17.3. The zero-order valence-electron chi connectivity index (χ0n) is 19.5. The van der Waals surface area contributed by atoms with Crippen LogP contribution in [-0.4, -0.2) is 40.9 Å². The Morgan fingerprint density at radius 1 is 1.09 bits per heavy atom. The predicted molar refractivity (Wildman–Crippen MR) is 139 cm³/mol. The molecule has 180 valence electrons. The van der Waals surface area contributed by atoms with Gasteiger partial charge in [-0.1, -0.05) is 67.3 Å². The minimum absolute atomic E-state index is 0.153. The molecule has 0 spiro atoms. The molecule has 6 nitrogen and oxygen atoms in total. The molecule has 2 aromatic rings. The molecule has 0 radical (unpaired) electrons. The monoisotopic (exact) mass is 499 g/mol. The van der Waals surface area contributed by atoms with Gasteiger partial charge in [0, 0.05) is 13.0 Å². The summed E-state index contributed by atoms with van der Waals surface area (Å²) in [5, 5.41) is 0. The fourth-order valence-corrected chi connectivity index (χ4v) is 4.56. The van der Waals surface area contributed by atoms with Crippen LogP contribution in [0.1, 0.15) is 44.2 Å². The van der Waals surface area contributed by atoms with E-state index in [2.05, 4.69) is 0 Å². The van der Waals surface area contributed by atoms with Gasteiger partial charge in [-0.3, -0.25) is 14.5 Å². The number of hydrogen-bond acceptors (Lipinski definition) is 7. The number of nitrogens with zero attached hydrogens (tertiary/aromatic N) is 1. The first-order valence-electron chi connectivity index (χ1n) is 11.4. The van der Waals surface area contributed by atoms with Gasteiger partial charge in [-0.05, 0) is 49.1 Å². The van der Waals surface area contributed by atoms with E-state index in [0.29, 0.717) is 53.5 Å². The summed E-state index contributed by atoms with van der Waals surface area (Å²) in [6.45, 7) is 5.60. The average Bonchev–Trinajstić information content (AvgIpc) is 3.10. The van der Waals surface area contributed by atoms with E-state index in [0.717, 1.165) is 17.5 Å². The summed E-state index contributed by atoms with van der Waals surface area (Å²) in [5.74, 6) is 0.860. The van der Waals surface area contributed by atoms with Crippen LogP contribution in [0.25, 0.3) is 6.08 Å². The third-order valence-electron chi connectivity index (χ3n) is 4.91. The maximum atomic E-state index is 12.9. The van der Waals surface area contributed by atoms with Crippen molar-refractivity contribution in [3.63, 3.8) is 0 Å². The summed E-state index contributed by atoms with van der Waals surface area (Å²) in [7, 11) is 0. The molecule has 0 N–H and O–H groups in total. The molecule has 2 aromatic carbocycles. The van der Waals surface area contributed by atoms with Crippen LogP contribution in [0.3, 0.4) is 0 Å². The van der Waals surface area contributed by atoms with E-state index in [4.69, 9.17) is 26.4 Å². The Hall–Kier alpha value is -2.84. The maximum Gasteiger partial charge on any atom is 0.305 e. The van der Waals surface area contributed by atoms with E-state index in [1.54, 1.807) is 11.0 Å². The van der Waals surface area contributed by atoms with Crippen LogP contribution in [0.2, 0.25) is 0 Å². The molecule has 1 fully saturated rings. The molecule has 1 saturated heterocycles. The maximum absolute atomic E-state index is 12.9. The molecule has 1 amide bonds. The summed E-state index contributed by atoms with van der Waals surface area (Å²) in [6.07, 6.45) is 3.36. The molecular weight excluding hydrogens is 470 g/mol. The standard InChI is InChI=1S/C26H29NO5S2/c1-3-15-31-24(28)11-8-14-27-25(29)23(34-26(27)33)17-20-12-13-21(22(16-20)30-4-2)32-18-19-9-6-5-7-10-19/h5-7,9-10,12-13,16-17H,3-4,8,11,14-15,18H2,1-2H3/b23-17-. The Labute approximate surface area is 210 Å². The fraction of sp³-hybridized carbons (Fsp3) is 0.346. The summed E-state index contributed by atoms with van der Waals surface area (Å²) >= 11 is 6.66. The van der Waals surface area contributed by atoms with Crippen molar-refractivity contribution >= 4 is 46.3 Å². The van der Waals surface area contributed by atoms with E-state index in [1.165, 1.54) is 11.8 Å². The number of hydrogen-bond donors (Lipinski definition) is 0. The molecule has 0 atom stereocenters. The first kappa shape index (κ1) is 25.8. The number of carbonyl (C=O) groups is 2. The van der Waals surface area contributed by atoms with Gasteiger partial charge in [-0.15, -0.1) is 0 Å². The number of thioether (sulfide) groups is 1. The molecule has 0 unspecified atom stereocenters. The molecule has 3 rings (SSSR count). The number of ether oxygens (including phenoxy) is 3. The van der Waals surface area contributed by atoms with Crippen LogP contribution < -0.4 is 9.47 Å². The Balaban J connectivity index is 1.64. The average molecular weight is 500 g/mol. The first-order chi connectivity index (χ1) is 16.5. The van der Waals surface area contributed by atoms with E-state index < -0.39 is 0 Å². The van der Waals surface area contributed by atoms with Crippen molar-refractivity contribution in [3.05, 3.63) is 64.6 Å². The minimum Gasteiger partial charge on any atom is -0.490 e. The van der Waals surface area contributed by atoms with Crippen LogP contribution >= 0.6 is 24.0 Å². The molecule has 1 aliphatic rings. The summed E-state index contributed by atoms with van der Waals surface area (Å²) in [6, 6.07) is 15.5. The topological polar surface area (TPSA) is 65.1 Å². The second-order valence-electron chi connectivity index (χ2n) is 7.57. The third kappa shape index (κ3) is 7.33. The lowest BCUT2D eigenvalue weighted by Crippen LogP contribution is -2.29. The molecule has 0 aliphatic carbocycles. The smallest absolute Gasteiger partial charge is 0.305 e. The number of thiocarbonyl (C=S) groups is 1. The Bertz CT molecular complexity index is 1040. The molecule has 0 saturated carbocycles. The van der Waals surface area contributed by atoms with Crippen LogP contribution in [0.5, 0.6) is 11.5 Å². The first-order valence-corrected chi connectivity index (χ1v) is 12.6. The van der Waals surface area contributed by atoms with Crippen molar-refractivity contribution in [2.75, 3.05) is 19.8 Å². The highest BCUT2D eigenvalue weighted by Gasteiger charge is 2.31. The van der Waals surface area contributed by atoms with Crippen LogP contribution in [-0.2, 0) is 20.9 Å². The quantitative estimate of drug-likeness (QED) is 0.214. The van der Waals surface area contributed by atoms with Gasteiger partial charge in [0.15, 0.2) is 11.5 Å². The number of rotatable bonds is 12. The lowest BCUT2D eigenvalue weighted by atomic mass is 10.1. The van der Waals surface area contributed by atoms with Gasteiger partial charge < -0.3 is 14.2 Å². The van der Waals surface area contributed by atoms with Gasteiger partial charge in [0.05, 0.1) is 18.1 Å². The number of benzene rings is 2. The van der Waals surface area contributed by atoms with E-state index in [1.807, 2.05) is 62.4 Å². The fourth-order valence-electron chi connectivity index (χ4n) is 3.25. The highest BCUT2D eigenvalue weighted by Crippen LogP contribution is 2.35. The van der Waals surface area contributed by atoms with Gasteiger partial charge in [-0.25, -0.2) is 0 Å². The van der Waals surface area contributed by atoms with Gasteiger partial charge in [0.2, 0.25) is 0 Å². The SMILES string of the molecule is CCCOC(=O)CCCN1C(=O)/C(=C/c2ccc(OCc3ccccc3)c(OCC)c2)SC1=S. The molecule has 1 heterocycles. The lowest BCUT2D eigenvalue weighted by molar-refractivity contribution is -0.144. The van der Waals surface area contributed by atoms with Crippen LogP contribution in [0.4, 0.5) is 0 Å². The summed E-state index contributed by atoms with van der Waals surface area (Å²) in [5.41, 5.74) is 1.88. The predicted octanol–water partition coefficient (Wildman–Crippen LogP) is 5.60. The molecular formula is C26H29NO5S2. The second kappa shape index (κ2) is 13.2. The lowest BCUT2D eigenvalue weighted by Gasteiger charge is -2.14. The van der Waals surface area contributed by atoms with Crippen LogP contribution in [0, 0.1) is 0 Å². The van der Waals surface area contributed by atoms with Crippen molar-refractivity contribution in [2.45, 2.75) is 39.7 Å². The highest BCUT2D eigenvalue weighted by molar-refractivity contribution is 8.26.